The zero-order valence-corrected chi connectivity index (χ0v) is 10.6. The summed E-state index contributed by atoms with van der Waals surface area (Å²) in [5, 5.41) is 1.46. The number of halogens is 3. The Morgan fingerprint density at radius 2 is 2.26 bits per heavy atom. The quantitative estimate of drug-likeness (QED) is 0.945. The van der Waals surface area contributed by atoms with Gasteiger partial charge in [0.05, 0.1) is 18.5 Å². The molecule has 0 unspecified atom stereocenters. The Kier molecular flexibility index (Phi) is 3.61. The minimum atomic E-state index is -4.53. The van der Waals surface area contributed by atoms with Crippen LogP contribution in [0, 0.1) is 6.92 Å². The zero-order chi connectivity index (χ0) is 14.0. The molecule has 0 radical (unpaired) electrons. The van der Waals surface area contributed by atoms with Gasteiger partial charge in [-0.3, -0.25) is 4.79 Å². The molecule has 0 fully saturated rings. The molecular formula is C11H9F3N2O2S. The van der Waals surface area contributed by atoms with E-state index in [1.165, 1.54) is 13.2 Å². The van der Waals surface area contributed by atoms with Gasteiger partial charge in [0.15, 0.2) is 5.01 Å². The molecule has 2 heterocycles. The van der Waals surface area contributed by atoms with Crippen molar-refractivity contribution in [2.24, 2.45) is 0 Å². The molecule has 2 aromatic rings. The maximum absolute atomic E-state index is 12.5. The van der Waals surface area contributed by atoms with Crippen LogP contribution in [0.25, 0.3) is 0 Å². The van der Waals surface area contributed by atoms with Crippen LogP contribution in [0.15, 0.2) is 22.8 Å². The van der Waals surface area contributed by atoms with Crippen molar-refractivity contribution >= 4 is 17.2 Å². The van der Waals surface area contributed by atoms with E-state index in [0.29, 0.717) is 17.1 Å². The van der Waals surface area contributed by atoms with Gasteiger partial charge in [-0.1, -0.05) is 0 Å². The maximum atomic E-state index is 12.5. The molecule has 0 spiro atoms. The van der Waals surface area contributed by atoms with Crippen molar-refractivity contribution in [1.82, 2.24) is 10.3 Å². The lowest BCUT2D eigenvalue weighted by Crippen LogP contribution is -2.22. The molecule has 19 heavy (non-hydrogen) atoms. The minimum Gasteiger partial charge on any atom is -0.467 e. The summed E-state index contributed by atoms with van der Waals surface area (Å²) in [6.07, 6.45) is -3.09. The molecule has 1 N–H and O–H groups in total. The first-order valence-corrected chi connectivity index (χ1v) is 6.05. The number of hydrogen-bond donors (Lipinski definition) is 1. The van der Waals surface area contributed by atoms with Gasteiger partial charge in [-0.2, -0.15) is 13.2 Å². The molecule has 0 aliphatic heterocycles. The van der Waals surface area contributed by atoms with Crippen LogP contribution in [-0.2, 0) is 12.7 Å². The van der Waals surface area contributed by atoms with E-state index < -0.39 is 17.1 Å². The molecule has 1 amide bonds. The number of thiazole rings is 1. The Bertz CT molecular complexity index is 575. The summed E-state index contributed by atoms with van der Waals surface area (Å²) in [6, 6.07) is 3.31. The lowest BCUT2D eigenvalue weighted by molar-refractivity contribution is -0.137. The summed E-state index contributed by atoms with van der Waals surface area (Å²) >= 11 is 0.333. The minimum absolute atomic E-state index is 0.0427. The van der Waals surface area contributed by atoms with Crippen LogP contribution < -0.4 is 5.32 Å². The highest BCUT2D eigenvalue weighted by Crippen LogP contribution is 2.33. The summed E-state index contributed by atoms with van der Waals surface area (Å²) in [7, 11) is 0. The highest BCUT2D eigenvalue weighted by molar-refractivity contribution is 7.13. The number of carbonyl (C=O) groups excluding carboxylic acids is 1. The van der Waals surface area contributed by atoms with E-state index >= 15 is 0 Å². The Hall–Kier alpha value is -1.83. The topological polar surface area (TPSA) is 55.1 Å². The molecular weight excluding hydrogens is 281 g/mol. The number of aromatic nitrogens is 1. The highest BCUT2D eigenvalue weighted by Gasteiger charge is 2.36. The molecule has 2 aromatic heterocycles. The number of hydrogen-bond acceptors (Lipinski definition) is 4. The van der Waals surface area contributed by atoms with Crippen molar-refractivity contribution in [3.63, 3.8) is 0 Å². The first-order chi connectivity index (χ1) is 8.88. The number of aryl methyl sites for hydroxylation is 1. The highest BCUT2D eigenvalue weighted by atomic mass is 32.1. The second kappa shape index (κ2) is 5.04. The summed E-state index contributed by atoms with van der Waals surface area (Å²) < 4.78 is 42.4. The molecule has 4 nitrogen and oxygen atoms in total. The van der Waals surface area contributed by atoms with Crippen LogP contribution in [0.1, 0.15) is 26.1 Å². The van der Waals surface area contributed by atoms with Gasteiger partial charge in [0.2, 0.25) is 0 Å². The number of nitrogens with zero attached hydrogens (tertiary/aromatic N) is 1. The van der Waals surface area contributed by atoms with Crippen LogP contribution >= 0.6 is 11.3 Å². The molecule has 102 valence electrons. The largest absolute Gasteiger partial charge is 0.467 e. The molecule has 0 aromatic carbocycles. The average molecular weight is 290 g/mol. The molecule has 0 aliphatic carbocycles. The fourth-order valence-corrected chi connectivity index (χ4v) is 2.24. The van der Waals surface area contributed by atoms with E-state index in [4.69, 9.17) is 4.42 Å². The Morgan fingerprint density at radius 1 is 1.53 bits per heavy atom. The van der Waals surface area contributed by atoms with Crippen molar-refractivity contribution < 1.29 is 22.4 Å². The monoisotopic (exact) mass is 290 g/mol. The third-order valence-electron chi connectivity index (χ3n) is 2.25. The van der Waals surface area contributed by atoms with Crippen LogP contribution in [0.5, 0.6) is 0 Å². The van der Waals surface area contributed by atoms with Gasteiger partial charge in [0.25, 0.3) is 5.91 Å². The molecule has 8 heteroatoms. The molecule has 0 bridgehead atoms. The predicted octanol–water partition coefficient (Wildman–Crippen LogP) is 2.99. The first-order valence-electron chi connectivity index (χ1n) is 5.23. The average Bonchev–Trinajstić information content (AvgIpc) is 2.93. The third kappa shape index (κ3) is 3.14. The molecule has 0 saturated heterocycles. The Labute approximate surface area is 110 Å². The van der Waals surface area contributed by atoms with E-state index in [-0.39, 0.29) is 17.1 Å². The second-order valence-electron chi connectivity index (χ2n) is 3.69. The Morgan fingerprint density at radius 3 is 2.79 bits per heavy atom. The van der Waals surface area contributed by atoms with Crippen molar-refractivity contribution in [2.75, 3.05) is 0 Å². The third-order valence-corrected chi connectivity index (χ3v) is 3.45. The van der Waals surface area contributed by atoms with Gasteiger partial charge in [0.1, 0.15) is 10.6 Å². The van der Waals surface area contributed by atoms with Crippen LogP contribution in [0.3, 0.4) is 0 Å². The van der Waals surface area contributed by atoms with Gasteiger partial charge in [-0.15, -0.1) is 11.3 Å². The van der Waals surface area contributed by atoms with Crippen molar-refractivity contribution in [2.45, 2.75) is 19.6 Å². The molecule has 0 aliphatic rings. The summed E-state index contributed by atoms with van der Waals surface area (Å²) in [5.41, 5.74) is 0.0641. The van der Waals surface area contributed by atoms with E-state index in [9.17, 15) is 18.0 Å². The van der Waals surface area contributed by atoms with Crippen LogP contribution in [-0.4, -0.2) is 10.9 Å². The standard InChI is InChI=1S/C11H9F3N2O2S/c1-6-8(19-10(16-6)11(12,13)14)9(17)15-5-7-3-2-4-18-7/h2-4H,5H2,1H3,(H,15,17). The summed E-state index contributed by atoms with van der Waals surface area (Å²) in [5.74, 6) is -0.0755. The first kappa shape index (κ1) is 13.6. The van der Waals surface area contributed by atoms with E-state index in [2.05, 4.69) is 10.3 Å². The second-order valence-corrected chi connectivity index (χ2v) is 4.69. The maximum Gasteiger partial charge on any atom is 0.443 e. The summed E-state index contributed by atoms with van der Waals surface area (Å²) in [6.45, 7) is 1.48. The van der Waals surface area contributed by atoms with E-state index in [1.54, 1.807) is 12.1 Å². The van der Waals surface area contributed by atoms with Gasteiger partial charge in [-0.05, 0) is 19.1 Å². The number of amides is 1. The van der Waals surface area contributed by atoms with Crippen LogP contribution in [0.2, 0.25) is 0 Å². The lowest BCUT2D eigenvalue weighted by Gasteiger charge is -2.01. The van der Waals surface area contributed by atoms with E-state index in [1.807, 2.05) is 0 Å². The van der Waals surface area contributed by atoms with Crippen molar-refractivity contribution in [3.8, 4) is 0 Å². The number of rotatable bonds is 3. The van der Waals surface area contributed by atoms with Gasteiger partial charge in [0, 0.05) is 0 Å². The summed E-state index contributed by atoms with van der Waals surface area (Å²) in [4.78, 5) is 15.1. The van der Waals surface area contributed by atoms with Gasteiger partial charge >= 0.3 is 6.18 Å². The Balaban J connectivity index is 2.09. The fourth-order valence-electron chi connectivity index (χ4n) is 1.39. The molecule has 2 rings (SSSR count). The number of nitrogens with one attached hydrogen (secondary N) is 1. The number of carbonyl (C=O) groups is 1. The predicted molar refractivity (Wildman–Crippen MR) is 61.7 cm³/mol. The van der Waals surface area contributed by atoms with Gasteiger partial charge < -0.3 is 9.73 Å². The van der Waals surface area contributed by atoms with Crippen LogP contribution in [0.4, 0.5) is 13.2 Å². The molecule has 0 atom stereocenters. The van der Waals surface area contributed by atoms with Crippen molar-refractivity contribution in [1.29, 1.82) is 0 Å². The van der Waals surface area contributed by atoms with E-state index in [0.717, 1.165) is 0 Å². The van der Waals surface area contributed by atoms with Gasteiger partial charge in [-0.25, -0.2) is 4.98 Å². The SMILES string of the molecule is Cc1nc(C(F)(F)F)sc1C(=O)NCc1ccco1. The number of furan rings is 1. The number of alkyl halides is 3. The van der Waals surface area contributed by atoms with Crippen molar-refractivity contribution in [3.05, 3.63) is 39.7 Å². The smallest absolute Gasteiger partial charge is 0.443 e. The molecule has 0 saturated carbocycles. The normalized spacial score (nSPS) is 11.6. The lowest BCUT2D eigenvalue weighted by atomic mass is 10.3. The fraction of sp³-hybridized carbons (Fsp3) is 0.273. The zero-order valence-electron chi connectivity index (χ0n) is 9.75.